The van der Waals surface area contributed by atoms with Crippen LogP contribution >= 0.6 is 15.9 Å². The number of anilines is 1. The zero-order chi connectivity index (χ0) is 16.3. The van der Waals surface area contributed by atoms with Crippen LogP contribution in [0.5, 0.6) is 0 Å². The van der Waals surface area contributed by atoms with Gasteiger partial charge in [-0.05, 0) is 30.3 Å². The SMILES string of the molecule is O=C(CS(=O)(=O)c1cccc(Br)c1)Nc1ccc(F)cc1F. The van der Waals surface area contributed by atoms with E-state index in [1.54, 1.807) is 6.07 Å². The highest BCUT2D eigenvalue weighted by Gasteiger charge is 2.20. The first-order chi connectivity index (χ1) is 10.3. The molecular formula is C14H10BrF2NO3S. The Balaban J connectivity index is 2.14. The first-order valence-corrected chi connectivity index (χ1v) is 8.46. The molecule has 0 atom stereocenters. The summed E-state index contributed by atoms with van der Waals surface area (Å²) in [6, 6.07) is 8.46. The van der Waals surface area contributed by atoms with E-state index in [9.17, 15) is 22.0 Å². The molecular weight excluding hydrogens is 380 g/mol. The van der Waals surface area contributed by atoms with Gasteiger partial charge < -0.3 is 5.32 Å². The van der Waals surface area contributed by atoms with Crippen molar-refractivity contribution >= 4 is 37.4 Å². The highest BCUT2D eigenvalue weighted by Crippen LogP contribution is 2.18. The second kappa shape index (κ2) is 6.53. The largest absolute Gasteiger partial charge is 0.323 e. The molecule has 8 heteroatoms. The van der Waals surface area contributed by atoms with Gasteiger partial charge in [0.1, 0.15) is 17.4 Å². The summed E-state index contributed by atoms with van der Waals surface area (Å²) in [5.74, 6) is -3.53. The van der Waals surface area contributed by atoms with Gasteiger partial charge in [0.25, 0.3) is 0 Å². The molecule has 0 aliphatic rings. The summed E-state index contributed by atoms with van der Waals surface area (Å²) in [5, 5.41) is 2.11. The Labute approximate surface area is 134 Å². The summed E-state index contributed by atoms with van der Waals surface area (Å²) in [6.45, 7) is 0. The van der Waals surface area contributed by atoms with Crippen molar-refractivity contribution < 1.29 is 22.0 Å². The molecule has 1 amide bonds. The van der Waals surface area contributed by atoms with E-state index in [-0.39, 0.29) is 10.6 Å². The molecule has 1 N–H and O–H groups in total. The monoisotopic (exact) mass is 389 g/mol. The molecule has 0 saturated heterocycles. The summed E-state index contributed by atoms with van der Waals surface area (Å²) in [5.41, 5.74) is -0.282. The van der Waals surface area contributed by atoms with Crippen LogP contribution < -0.4 is 5.32 Å². The van der Waals surface area contributed by atoms with Crippen LogP contribution in [0.4, 0.5) is 14.5 Å². The molecule has 0 radical (unpaired) electrons. The third-order valence-corrected chi connectivity index (χ3v) is 4.79. The van der Waals surface area contributed by atoms with Crippen LogP contribution in [0.3, 0.4) is 0 Å². The highest BCUT2D eigenvalue weighted by molar-refractivity contribution is 9.10. The summed E-state index contributed by atoms with van der Waals surface area (Å²) in [4.78, 5) is 11.7. The fraction of sp³-hybridized carbons (Fsp3) is 0.0714. The van der Waals surface area contributed by atoms with E-state index in [0.717, 1.165) is 12.1 Å². The normalized spacial score (nSPS) is 11.2. The number of hydrogen-bond acceptors (Lipinski definition) is 3. The summed E-state index contributed by atoms with van der Waals surface area (Å²) in [6.07, 6.45) is 0. The van der Waals surface area contributed by atoms with Gasteiger partial charge in [-0.15, -0.1) is 0 Å². The number of amides is 1. The molecule has 22 heavy (non-hydrogen) atoms. The highest BCUT2D eigenvalue weighted by atomic mass is 79.9. The second-order valence-corrected chi connectivity index (χ2v) is 7.29. The van der Waals surface area contributed by atoms with Crippen molar-refractivity contribution in [1.82, 2.24) is 0 Å². The van der Waals surface area contributed by atoms with Crippen LogP contribution in [0, 0.1) is 11.6 Å². The van der Waals surface area contributed by atoms with Gasteiger partial charge >= 0.3 is 0 Å². The molecule has 0 unspecified atom stereocenters. The number of carbonyl (C=O) groups is 1. The molecule has 2 aromatic carbocycles. The van der Waals surface area contributed by atoms with Crippen molar-refractivity contribution in [2.75, 3.05) is 11.1 Å². The second-order valence-electron chi connectivity index (χ2n) is 4.39. The molecule has 0 aliphatic heterocycles. The van der Waals surface area contributed by atoms with Crippen LogP contribution in [-0.2, 0) is 14.6 Å². The number of carbonyl (C=O) groups excluding carboxylic acids is 1. The number of rotatable bonds is 4. The fourth-order valence-corrected chi connectivity index (χ4v) is 3.42. The molecule has 0 aromatic heterocycles. The molecule has 0 spiro atoms. The smallest absolute Gasteiger partial charge is 0.240 e. The predicted octanol–water partition coefficient (Wildman–Crippen LogP) is 3.14. The topological polar surface area (TPSA) is 63.2 Å². The lowest BCUT2D eigenvalue weighted by atomic mass is 10.3. The van der Waals surface area contributed by atoms with E-state index in [1.807, 2.05) is 0 Å². The van der Waals surface area contributed by atoms with E-state index in [2.05, 4.69) is 21.2 Å². The van der Waals surface area contributed by atoms with E-state index >= 15 is 0 Å². The Hall–Kier alpha value is -1.80. The predicted molar refractivity (Wildman–Crippen MR) is 81.2 cm³/mol. The van der Waals surface area contributed by atoms with Gasteiger partial charge in [-0.2, -0.15) is 0 Å². The minimum Gasteiger partial charge on any atom is -0.323 e. The molecule has 0 heterocycles. The van der Waals surface area contributed by atoms with Crippen molar-refractivity contribution in [3.63, 3.8) is 0 Å². The minimum atomic E-state index is -3.86. The van der Waals surface area contributed by atoms with Crippen LogP contribution in [0.15, 0.2) is 51.8 Å². The zero-order valence-electron chi connectivity index (χ0n) is 11.0. The van der Waals surface area contributed by atoms with Crippen LogP contribution in [0.1, 0.15) is 0 Å². The summed E-state index contributed by atoms with van der Waals surface area (Å²) in [7, 11) is -3.86. The maximum Gasteiger partial charge on any atom is 0.240 e. The molecule has 0 fully saturated rings. The first-order valence-electron chi connectivity index (χ1n) is 6.01. The summed E-state index contributed by atoms with van der Waals surface area (Å²) < 4.78 is 50.9. The Morgan fingerprint density at radius 3 is 2.50 bits per heavy atom. The lowest BCUT2D eigenvalue weighted by Crippen LogP contribution is -2.23. The van der Waals surface area contributed by atoms with E-state index in [0.29, 0.717) is 10.5 Å². The van der Waals surface area contributed by atoms with E-state index < -0.39 is 33.1 Å². The molecule has 2 rings (SSSR count). The minimum absolute atomic E-state index is 0.0309. The number of hydrogen-bond donors (Lipinski definition) is 1. The Morgan fingerprint density at radius 1 is 1.14 bits per heavy atom. The number of benzene rings is 2. The molecule has 0 aliphatic carbocycles. The van der Waals surface area contributed by atoms with Crippen LogP contribution in [0.25, 0.3) is 0 Å². The third-order valence-electron chi connectivity index (χ3n) is 2.68. The molecule has 4 nitrogen and oxygen atoms in total. The van der Waals surface area contributed by atoms with Crippen molar-refractivity contribution in [1.29, 1.82) is 0 Å². The summed E-state index contributed by atoms with van der Waals surface area (Å²) >= 11 is 3.14. The van der Waals surface area contributed by atoms with Crippen LogP contribution in [-0.4, -0.2) is 20.1 Å². The number of sulfone groups is 1. The molecule has 0 saturated carbocycles. The number of nitrogens with one attached hydrogen (secondary N) is 1. The van der Waals surface area contributed by atoms with Gasteiger partial charge in [0.2, 0.25) is 5.91 Å². The van der Waals surface area contributed by atoms with Gasteiger partial charge in [0.15, 0.2) is 9.84 Å². The Kier molecular flexibility index (Phi) is 4.92. The Bertz CT molecular complexity index is 825. The standard InChI is InChI=1S/C14H10BrF2NO3S/c15-9-2-1-3-11(6-9)22(20,21)8-14(19)18-13-5-4-10(16)7-12(13)17/h1-7H,8H2,(H,18,19). The zero-order valence-corrected chi connectivity index (χ0v) is 13.4. The fourth-order valence-electron chi connectivity index (χ4n) is 1.69. The quantitative estimate of drug-likeness (QED) is 0.873. The van der Waals surface area contributed by atoms with Gasteiger partial charge in [-0.3, -0.25) is 4.79 Å². The molecule has 0 bridgehead atoms. The van der Waals surface area contributed by atoms with Gasteiger partial charge in [0, 0.05) is 10.5 Å². The maximum absolute atomic E-state index is 13.4. The van der Waals surface area contributed by atoms with E-state index in [1.165, 1.54) is 18.2 Å². The maximum atomic E-state index is 13.4. The Morgan fingerprint density at radius 2 is 1.86 bits per heavy atom. The lowest BCUT2D eigenvalue weighted by molar-refractivity contribution is -0.113. The average Bonchev–Trinajstić information content (AvgIpc) is 2.41. The first kappa shape index (κ1) is 16.6. The van der Waals surface area contributed by atoms with Crippen molar-refractivity contribution in [2.45, 2.75) is 4.90 Å². The average molecular weight is 390 g/mol. The van der Waals surface area contributed by atoms with Crippen molar-refractivity contribution in [3.05, 3.63) is 58.6 Å². The van der Waals surface area contributed by atoms with E-state index in [4.69, 9.17) is 0 Å². The van der Waals surface area contributed by atoms with Gasteiger partial charge in [-0.1, -0.05) is 22.0 Å². The van der Waals surface area contributed by atoms with Crippen molar-refractivity contribution in [3.8, 4) is 0 Å². The van der Waals surface area contributed by atoms with Crippen LogP contribution in [0.2, 0.25) is 0 Å². The number of halogens is 3. The van der Waals surface area contributed by atoms with Gasteiger partial charge in [-0.25, -0.2) is 17.2 Å². The van der Waals surface area contributed by atoms with Gasteiger partial charge in [0.05, 0.1) is 10.6 Å². The lowest BCUT2D eigenvalue weighted by Gasteiger charge is -2.07. The van der Waals surface area contributed by atoms with Crippen molar-refractivity contribution in [2.24, 2.45) is 0 Å². The molecule has 116 valence electrons. The third kappa shape index (κ3) is 4.11. The molecule has 2 aromatic rings.